The third-order valence-electron chi connectivity index (χ3n) is 3.11. The van der Waals surface area contributed by atoms with Crippen LogP contribution in [0.15, 0.2) is 12.1 Å². The summed E-state index contributed by atoms with van der Waals surface area (Å²) in [5.41, 5.74) is 6.68. The number of methoxy groups -OCH3 is 1. The molecule has 2 rings (SSSR count). The number of halogens is 1. The summed E-state index contributed by atoms with van der Waals surface area (Å²) in [7, 11) is 1.62. The number of hydrogen-bond acceptors (Lipinski definition) is 3. The lowest BCUT2D eigenvalue weighted by atomic mass is 10.1. The molecule has 1 saturated carbocycles. The predicted octanol–water partition coefficient (Wildman–Crippen LogP) is 3.03. The molecular formula is C14H20ClNO2. The Kier molecular flexibility index (Phi) is 4.72. The van der Waals surface area contributed by atoms with Gasteiger partial charge in [0.25, 0.3) is 0 Å². The molecule has 3 nitrogen and oxygen atoms in total. The average Bonchev–Trinajstić information content (AvgIpc) is 3.17. The first-order valence-corrected chi connectivity index (χ1v) is 6.81. The fourth-order valence-corrected chi connectivity index (χ4v) is 2.18. The van der Waals surface area contributed by atoms with E-state index in [0.717, 1.165) is 30.8 Å². The summed E-state index contributed by atoms with van der Waals surface area (Å²) in [6.45, 7) is 1.44. The van der Waals surface area contributed by atoms with E-state index in [0.29, 0.717) is 23.2 Å². The Hall–Kier alpha value is -0.930. The molecule has 0 aliphatic heterocycles. The first-order chi connectivity index (χ1) is 8.74. The zero-order chi connectivity index (χ0) is 13.0. The zero-order valence-electron chi connectivity index (χ0n) is 10.7. The zero-order valence-corrected chi connectivity index (χ0v) is 11.5. The van der Waals surface area contributed by atoms with E-state index in [9.17, 15) is 0 Å². The smallest absolute Gasteiger partial charge is 0.179 e. The predicted molar refractivity (Wildman–Crippen MR) is 73.6 cm³/mol. The van der Waals surface area contributed by atoms with Gasteiger partial charge in [0.05, 0.1) is 18.7 Å². The first kappa shape index (κ1) is 13.5. The van der Waals surface area contributed by atoms with Crippen LogP contribution in [-0.2, 0) is 6.42 Å². The Morgan fingerprint density at radius 3 is 2.78 bits per heavy atom. The molecule has 0 spiro atoms. The van der Waals surface area contributed by atoms with E-state index in [-0.39, 0.29) is 0 Å². The van der Waals surface area contributed by atoms with Gasteiger partial charge in [-0.3, -0.25) is 0 Å². The number of ether oxygens (including phenoxy) is 2. The number of benzene rings is 1. The molecule has 2 N–H and O–H groups in total. The van der Waals surface area contributed by atoms with E-state index < -0.39 is 0 Å². The molecule has 0 saturated heterocycles. The summed E-state index contributed by atoms with van der Waals surface area (Å²) < 4.78 is 11.1. The third kappa shape index (κ3) is 3.53. The molecular weight excluding hydrogens is 250 g/mol. The van der Waals surface area contributed by atoms with Crippen LogP contribution in [0.3, 0.4) is 0 Å². The van der Waals surface area contributed by atoms with Crippen LogP contribution < -0.4 is 15.2 Å². The van der Waals surface area contributed by atoms with Crippen molar-refractivity contribution in [1.82, 2.24) is 0 Å². The van der Waals surface area contributed by atoms with Gasteiger partial charge in [0.15, 0.2) is 11.5 Å². The Balaban J connectivity index is 2.12. The van der Waals surface area contributed by atoms with Crippen LogP contribution in [0, 0.1) is 5.92 Å². The lowest BCUT2D eigenvalue weighted by molar-refractivity contribution is 0.280. The Morgan fingerprint density at radius 2 is 2.17 bits per heavy atom. The van der Waals surface area contributed by atoms with Crippen molar-refractivity contribution in [3.8, 4) is 11.5 Å². The first-order valence-electron chi connectivity index (χ1n) is 6.44. The van der Waals surface area contributed by atoms with E-state index in [1.165, 1.54) is 12.8 Å². The molecule has 0 unspecified atom stereocenters. The highest BCUT2D eigenvalue weighted by Crippen LogP contribution is 2.38. The largest absolute Gasteiger partial charge is 0.491 e. The van der Waals surface area contributed by atoms with E-state index in [1.807, 2.05) is 12.1 Å². The van der Waals surface area contributed by atoms with Gasteiger partial charge in [0.2, 0.25) is 0 Å². The highest BCUT2D eigenvalue weighted by molar-refractivity contribution is 6.32. The number of hydrogen-bond donors (Lipinski definition) is 1. The minimum Gasteiger partial charge on any atom is -0.491 e. The van der Waals surface area contributed by atoms with Gasteiger partial charge in [0.1, 0.15) is 0 Å². The quantitative estimate of drug-likeness (QED) is 0.828. The van der Waals surface area contributed by atoms with E-state index in [2.05, 4.69) is 0 Å². The second-order valence-electron chi connectivity index (χ2n) is 4.76. The van der Waals surface area contributed by atoms with Crippen molar-refractivity contribution in [1.29, 1.82) is 0 Å². The van der Waals surface area contributed by atoms with Crippen LogP contribution in [0.2, 0.25) is 5.02 Å². The van der Waals surface area contributed by atoms with Crippen LogP contribution >= 0.6 is 11.6 Å². The van der Waals surface area contributed by atoms with Crippen LogP contribution in [-0.4, -0.2) is 20.3 Å². The molecule has 0 radical (unpaired) electrons. The summed E-state index contributed by atoms with van der Waals surface area (Å²) in [6, 6.07) is 3.95. The molecule has 100 valence electrons. The fourth-order valence-electron chi connectivity index (χ4n) is 1.87. The highest BCUT2D eigenvalue weighted by atomic mass is 35.5. The SMILES string of the molecule is COc1c(Cl)cc(CCCN)cc1OCC1CC1. The Labute approximate surface area is 113 Å². The Bertz CT molecular complexity index is 405. The molecule has 1 fully saturated rings. The van der Waals surface area contributed by atoms with Gasteiger partial charge < -0.3 is 15.2 Å². The van der Waals surface area contributed by atoms with Crippen molar-refractivity contribution in [3.05, 3.63) is 22.7 Å². The second-order valence-corrected chi connectivity index (χ2v) is 5.16. The molecule has 0 aromatic heterocycles. The molecule has 0 bridgehead atoms. The average molecular weight is 270 g/mol. The molecule has 0 heterocycles. The molecule has 0 amide bonds. The van der Waals surface area contributed by atoms with Gasteiger partial charge in [0, 0.05) is 0 Å². The second kappa shape index (κ2) is 6.30. The van der Waals surface area contributed by atoms with Gasteiger partial charge in [-0.1, -0.05) is 11.6 Å². The Morgan fingerprint density at radius 1 is 1.39 bits per heavy atom. The minimum absolute atomic E-state index is 0.609. The molecule has 4 heteroatoms. The topological polar surface area (TPSA) is 44.5 Å². The van der Waals surface area contributed by atoms with Crippen molar-refractivity contribution in [2.75, 3.05) is 20.3 Å². The summed E-state index contributed by atoms with van der Waals surface area (Å²) >= 11 is 6.21. The lowest BCUT2D eigenvalue weighted by Gasteiger charge is -2.13. The standard InChI is InChI=1S/C14H20ClNO2/c1-17-14-12(15)7-11(3-2-6-16)8-13(14)18-9-10-4-5-10/h7-8,10H,2-6,9,16H2,1H3. The van der Waals surface area contributed by atoms with E-state index in [4.69, 9.17) is 26.8 Å². The molecule has 0 atom stereocenters. The summed E-state index contributed by atoms with van der Waals surface area (Å²) in [5.74, 6) is 2.10. The minimum atomic E-state index is 0.609. The molecule has 1 aliphatic carbocycles. The van der Waals surface area contributed by atoms with Crippen molar-refractivity contribution >= 4 is 11.6 Å². The van der Waals surface area contributed by atoms with Gasteiger partial charge >= 0.3 is 0 Å². The van der Waals surface area contributed by atoms with E-state index >= 15 is 0 Å². The lowest BCUT2D eigenvalue weighted by Crippen LogP contribution is -2.03. The summed E-state index contributed by atoms with van der Waals surface area (Å²) in [5, 5.41) is 0.609. The third-order valence-corrected chi connectivity index (χ3v) is 3.40. The van der Waals surface area contributed by atoms with Crippen LogP contribution in [0.25, 0.3) is 0 Å². The highest BCUT2D eigenvalue weighted by Gasteiger charge is 2.23. The van der Waals surface area contributed by atoms with Crippen molar-refractivity contribution in [3.63, 3.8) is 0 Å². The summed E-state index contributed by atoms with van der Waals surface area (Å²) in [6.07, 6.45) is 4.40. The van der Waals surface area contributed by atoms with Crippen molar-refractivity contribution in [2.24, 2.45) is 11.7 Å². The van der Waals surface area contributed by atoms with Gasteiger partial charge in [-0.2, -0.15) is 0 Å². The van der Waals surface area contributed by atoms with Crippen molar-refractivity contribution in [2.45, 2.75) is 25.7 Å². The number of aryl methyl sites for hydroxylation is 1. The maximum absolute atomic E-state index is 6.21. The number of rotatable bonds is 7. The molecule has 1 aromatic rings. The fraction of sp³-hybridized carbons (Fsp3) is 0.571. The molecule has 1 aromatic carbocycles. The van der Waals surface area contributed by atoms with Crippen LogP contribution in [0.5, 0.6) is 11.5 Å². The molecule has 18 heavy (non-hydrogen) atoms. The maximum atomic E-state index is 6.21. The van der Waals surface area contributed by atoms with Gasteiger partial charge in [-0.15, -0.1) is 0 Å². The van der Waals surface area contributed by atoms with Gasteiger partial charge in [-0.05, 0) is 55.8 Å². The normalized spacial score (nSPS) is 14.6. The molecule has 1 aliphatic rings. The maximum Gasteiger partial charge on any atom is 0.179 e. The van der Waals surface area contributed by atoms with Crippen molar-refractivity contribution < 1.29 is 9.47 Å². The van der Waals surface area contributed by atoms with Crippen LogP contribution in [0.1, 0.15) is 24.8 Å². The van der Waals surface area contributed by atoms with Crippen LogP contribution in [0.4, 0.5) is 0 Å². The number of nitrogens with two attached hydrogens (primary N) is 1. The monoisotopic (exact) mass is 269 g/mol. The summed E-state index contributed by atoms with van der Waals surface area (Å²) in [4.78, 5) is 0. The van der Waals surface area contributed by atoms with Gasteiger partial charge in [-0.25, -0.2) is 0 Å². The van der Waals surface area contributed by atoms with E-state index in [1.54, 1.807) is 7.11 Å².